The number of benzene rings is 2. The van der Waals surface area contributed by atoms with Gasteiger partial charge in [-0.3, -0.25) is 9.89 Å². The van der Waals surface area contributed by atoms with Gasteiger partial charge in [-0.1, -0.05) is 49.9 Å². The number of hydrogen-bond donors (Lipinski definition) is 2. The van der Waals surface area contributed by atoms with Gasteiger partial charge in [0.2, 0.25) is 0 Å². The molecule has 0 fully saturated rings. The molecule has 3 aromatic rings. The largest absolute Gasteiger partial charge is 0.322 e. The molecule has 1 aromatic heterocycles. The van der Waals surface area contributed by atoms with Gasteiger partial charge >= 0.3 is 0 Å². The summed E-state index contributed by atoms with van der Waals surface area (Å²) in [4.78, 5) is 16.4. The molecule has 2 aromatic carbocycles. The van der Waals surface area contributed by atoms with Crippen LogP contribution in [0.25, 0.3) is 0 Å². The Bertz CT molecular complexity index is 812. The molecule has 25 heavy (non-hydrogen) atoms. The van der Waals surface area contributed by atoms with E-state index in [9.17, 15) is 4.79 Å². The van der Waals surface area contributed by atoms with Crippen LogP contribution < -0.4 is 5.32 Å². The van der Waals surface area contributed by atoms with E-state index in [-0.39, 0.29) is 5.91 Å². The molecule has 2 N–H and O–H groups in total. The van der Waals surface area contributed by atoms with E-state index in [2.05, 4.69) is 34.3 Å². The normalized spacial score (nSPS) is 10.8. The van der Waals surface area contributed by atoms with Gasteiger partial charge in [0, 0.05) is 17.0 Å². The van der Waals surface area contributed by atoms with Crippen molar-refractivity contribution in [2.45, 2.75) is 30.7 Å². The average molecular weight is 352 g/mol. The quantitative estimate of drug-likeness (QED) is 0.642. The van der Waals surface area contributed by atoms with Gasteiger partial charge in [0.25, 0.3) is 5.91 Å². The number of anilines is 1. The SMILES string of the molecule is CC(C)c1ccc(NC(=O)c2ccc(CSc3ncn[nH]3)cc2)cc1. The van der Waals surface area contributed by atoms with Crippen molar-refractivity contribution in [2.75, 3.05) is 5.32 Å². The van der Waals surface area contributed by atoms with Crippen LogP contribution in [0.4, 0.5) is 5.69 Å². The van der Waals surface area contributed by atoms with Crippen LogP contribution in [0.15, 0.2) is 60.0 Å². The molecule has 0 bridgehead atoms. The smallest absolute Gasteiger partial charge is 0.255 e. The third-order valence-corrected chi connectivity index (χ3v) is 4.77. The highest BCUT2D eigenvalue weighted by atomic mass is 32.2. The van der Waals surface area contributed by atoms with Crippen molar-refractivity contribution in [1.29, 1.82) is 0 Å². The van der Waals surface area contributed by atoms with Gasteiger partial charge in [0.05, 0.1) is 0 Å². The van der Waals surface area contributed by atoms with Crippen molar-refractivity contribution < 1.29 is 4.79 Å². The number of amides is 1. The fourth-order valence-electron chi connectivity index (χ4n) is 2.32. The summed E-state index contributed by atoms with van der Waals surface area (Å²) in [5, 5.41) is 10.3. The summed E-state index contributed by atoms with van der Waals surface area (Å²) in [6.07, 6.45) is 1.49. The Hall–Kier alpha value is -2.60. The zero-order valence-electron chi connectivity index (χ0n) is 14.2. The predicted molar refractivity (Wildman–Crippen MR) is 101 cm³/mol. The molecule has 1 amide bonds. The van der Waals surface area contributed by atoms with Crippen LogP contribution in [-0.4, -0.2) is 21.1 Å². The van der Waals surface area contributed by atoms with Gasteiger partial charge in [0.1, 0.15) is 6.33 Å². The lowest BCUT2D eigenvalue weighted by molar-refractivity contribution is 0.102. The highest BCUT2D eigenvalue weighted by Gasteiger charge is 2.07. The number of rotatable bonds is 6. The van der Waals surface area contributed by atoms with Crippen molar-refractivity contribution in [1.82, 2.24) is 15.2 Å². The Kier molecular flexibility index (Phi) is 5.50. The van der Waals surface area contributed by atoms with Gasteiger partial charge in [-0.15, -0.1) is 0 Å². The molecule has 0 aliphatic heterocycles. The molecule has 6 heteroatoms. The number of H-pyrrole nitrogens is 1. The van der Waals surface area contributed by atoms with Gasteiger partial charge in [-0.2, -0.15) is 5.10 Å². The number of thioether (sulfide) groups is 1. The summed E-state index contributed by atoms with van der Waals surface area (Å²) >= 11 is 1.57. The summed E-state index contributed by atoms with van der Waals surface area (Å²) in [5.74, 6) is 1.15. The first kappa shape index (κ1) is 17.2. The van der Waals surface area contributed by atoms with Crippen LogP contribution >= 0.6 is 11.8 Å². The highest BCUT2D eigenvalue weighted by Crippen LogP contribution is 2.20. The van der Waals surface area contributed by atoms with Crippen LogP contribution in [0, 0.1) is 0 Å². The summed E-state index contributed by atoms with van der Waals surface area (Å²) in [6.45, 7) is 4.30. The van der Waals surface area contributed by atoms with E-state index in [1.807, 2.05) is 48.5 Å². The fraction of sp³-hybridized carbons (Fsp3) is 0.211. The zero-order valence-corrected chi connectivity index (χ0v) is 15.0. The third kappa shape index (κ3) is 4.70. The Labute approximate surface area is 151 Å². The first-order valence-corrected chi connectivity index (χ1v) is 9.09. The molecule has 0 aliphatic rings. The summed E-state index contributed by atoms with van der Waals surface area (Å²) in [7, 11) is 0. The van der Waals surface area contributed by atoms with E-state index in [0.717, 1.165) is 22.2 Å². The van der Waals surface area contributed by atoms with E-state index in [1.165, 1.54) is 11.9 Å². The second-order valence-corrected chi connectivity index (χ2v) is 6.97. The minimum Gasteiger partial charge on any atom is -0.322 e. The molecule has 128 valence electrons. The number of nitrogens with one attached hydrogen (secondary N) is 2. The minimum atomic E-state index is -0.105. The monoisotopic (exact) mass is 352 g/mol. The number of hydrogen-bond acceptors (Lipinski definition) is 4. The molecule has 5 nitrogen and oxygen atoms in total. The standard InChI is InChI=1S/C19H20N4OS/c1-13(2)15-7-9-17(10-8-15)22-18(24)16-5-3-14(4-6-16)11-25-19-20-12-21-23-19/h3-10,12-13H,11H2,1-2H3,(H,22,24)(H,20,21,23). The molecule has 0 aliphatic carbocycles. The lowest BCUT2D eigenvalue weighted by Crippen LogP contribution is -2.11. The maximum atomic E-state index is 12.3. The molecule has 3 rings (SSSR count). The third-order valence-electron chi connectivity index (χ3n) is 3.82. The zero-order chi connectivity index (χ0) is 17.6. The number of carbonyl (C=O) groups excluding carboxylic acids is 1. The molecule has 0 unspecified atom stereocenters. The van der Waals surface area contributed by atoms with Crippen molar-refractivity contribution in [2.24, 2.45) is 0 Å². The van der Waals surface area contributed by atoms with Crippen LogP contribution in [0.5, 0.6) is 0 Å². The minimum absolute atomic E-state index is 0.105. The summed E-state index contributed by atoms with van der Waals surface area (Å²) in [6, 6.07) is 15.6. The van der Waals surface area contributed by atoms with E-state index in [4.69, 9.17) is 0 Å². The molecule has 0 saturated carbocycles. The van der Waals surface area contributed by atoms with Gasteiger partial charge in [-0.05, 0) is 41.3 Å². The fourth-order valence-corrected chi connectivity index (χ4v) is 3.06. The maximum absolute atomic E-state index is 12.3. The van der Waals surface area contributed by atoms with Crippen LogP contribution in [0.3, 0.4) is 0 Å². The van der Waals surface area contributed by atoms with E-state index in [0.29, 0.717) is 11.5 Å². The number of aromatic nitrogens is 3. The lowest BCUT2D eigenvalue weighted by atomic mass is 10.0. The highest BCUT2D eigenvalue weighted by molar-refractivity contribution is 7.98. The first-order chi connectivity index (χ1) is 12.1. The van der Waals surface area contributed by atoms with Crippen molar-refractivity contribution in [3.05, 3.63) is 71.5 Å². The van der Waals surface area contributed by atoms with Crippen molar-refractivity contribution in [3.63, 3.8) is 0 Å². The average Bonchev–Trinajstić information content (AvgIpc) is 3.14. The van der Waals surface area contributed by atoms with E-state index in [1.54, 1.807) is 11.8 Å². The van der Waals surface area contributed by atoms with Crippen molar-refractivity contribution >= 4 is 23.4 Å². The molecule has 0 saturated heterocycles. The first-order valence-electron chi connectivity index (χ1n) is 8.10. The second kappa shape index (κ2) is 7.98. The summed E-state index contributed by atoms with van der Waals surface area (Å²) in [5.41, 5.74) is 3.83. The lowest BCUT2D eigenvalue weighted by Gasteiger charge is -2.09. The van der Waals surface area contributed by atoms with E-state index < -0.39 is 0 Å². The molecule has 0 atom stereocenters. The van der Waals surface area contributed by atoms with Crippen LogP contribution in [0.1, 0.15) is 41.3 Å². The Morgan fingerprint density at radius 1 is 1.12 bits per heavy atom. The molecule has 0 radical (unpaired) electrons. The molecule has 0 spiro atoms. The Morgan fingerprint density at radius 2 is 1.84 bits per heavy atom. The van der Waals surface area contributed by atoms with Crippen molar-refractivity contribution in [3.8, 4) is 0 Å². The van der Waals surface area contributed by atoms with Crippen LogP contribution in [0.2, 0.25) is 0 Å². The topological polar surface area (TPSA) is 70.7 Å². The van der Waals surface area contributed by atoms with E-state index >= 15 is 0 Å². The number of nitrogens with zero attached hydrogens (tertiary/aromatic N) is 2. The summed E-state index contributed by atoms with van der Waals surface area (Å²) < 4.78 is 0. The number of carbonyl (C=O) groups is 1. The molecular weight excluding hydrogens is 332 g/mol. The predicted octanol–water partition coefficient (Wildman–Crippen LogP) is 4.47. The van der Waals surface area contributed by atoms with Crippen LogP contribution in [-0.2, 0) is 5.75 Å². The van der Waals surface area contributed by atoms with Gasteiger partial charge in [0.15, 0.2) is 5.16 Å². The Morgan fingerprint density at radius 3 is 2.44 bits per heavy atom. The van der Waals surface area contributed by atoms with Gasteiger partial charge in [-0.25, -0.2) is 4.98 Å². The molecule has 1 heterocycles. The second-order valence-electron chi connectivity index (χ2n) is 6.01. The van der Waals surface area contributed by atoms with Gasteiger partial charge < -0.3 is 5.32 Å². The molecular formula is C19H20N4OS. The Balaban J connectivity index is 1.58. The number of aromatic amines is 1. The maximum Gasteiger partial charge on any atom is 0.255 e.